The zero-order valence-corrected chi connectivity index (χ0v) is 13.6. The lowest BCUT2D eigenvalue weighted by Crippen LogP contribution is -2.32. The Labute approximate surface area is 139 Å². The maximum Gasteiger partial charge on any atom is 0.319 e. The summed E-state index contributed by atoms with van der Waals surface area (Å²) in [6.45, 7) is 4.57. The number of halogens is 2. The van der Waals surface area contributed by atoms with Gasteiger partial charge in [-0.15, -0.1) is 0 Å². The Kier molecular flexibility index (Phi) is 6.12. The molecule has 0 aromatic heterocycles. The third-order valence-corrected chi connectivity index (χ3v) is 3.38. The van der Waals surface area contributed by atoms with Crippen molar-refractivity contribution >= 4 is 11.7 Å². The van der Waals surface area contributed by atoms with E-state index in [0.717, 1.165) is 12.1 Å². The van der Waals surface area contributed by atoms with Crippen LogP contribution in [0.4, 0.5) is 19.3 Å². The van der Waals surface area contributed by atoms with Crippen LogP contribution in [0, 0.1) is 11.6 Å². The second kappa shape index (κ2) is 8.29. The van der Waals surface area contributed by atoms with Gasteiger partial charge in [0.05, 0.1) is 6.54 Å². The van der Waals surface area contributed by atoms with E-state index >= 15 is 0 Å². The largest absolute Gasteiger partial charge is 0.492 e. The van der Waals surface area contributed by atoms with Gasteiger partial charge < -0.3 is 15.4 Å². The first-order valence-corrected chi connectivity index (χ1v) is 7.68. The number of nitrogens with one attached hydrogen (secondary N) is 2. The van der Waals surface area contributed by atoms with E-state index in [2.05, 4.69) is 24.5 Å². The Morgan fingerprint density at radius 2 is 1.79 bits per heavy atom. The molecule has 0 bridgehead atoms. The first-order valence-electron chi connectivity index (χ1n) is 7.68. The predicted molar refractivity (Wildman–Crippen MR) is 89.4 cm³/mol. The molecule has 0 fully saturated rings. The van der Waals surface area contributed by atoms with Gasteiger partial charge in [-0.3, -0.25) is 0 Å². The van der Waals surface area contributed by atoms with Gasteiger partial charge >= 0.3 is 6.03 Å². The van der Waals surface area contributed by atoms with Crippen LogP contribution < -0.4 is 15.4 Å². The van der Waals surface area contributed by atoms with Crippen LogP contribution in [0.25, 0.3) is 0 Å². The van der Waals surface area contributed by atoms with Crippen molar-refractivity contribution in [3.63, 3.8) is 0 Å². The molecule has 0 saturated heterocycles. The van der Waals surface area contributed by atoms with Crippen LogP contribution in [0.15, 0.2) is 42.5 Å². The van der Waals surface area contributed by atoms with Crippen molar-refractivity contribution in [1.29, 1.82) is 0 Å². The first kappa shape index (κ1) is 17.7. The normalized spacial score (nSPS) is 10.5. The molecule has 2 amide bonds. The summed E-state index contributed by atoms with van der Waals surface area (Å²) in [5.41, 5.74) is 1.89. The Morgan fingerprint density at radius 3 is 2.42 bits per heavy atom. The van der Waals surface area contributed by atoms with Gasteiger partial charge in [0.25, 0.3) is 0 Å². The van der Waals surface area contributed by atoms with E-state index in [4.69, 9.17) is 4.74 Å². The molecule has 0 spiro atoms. The zero-order valence-electron chi connectivity index (χ0n) is 13.6. The number of anilines is 1. The van der Waals surface area contributed by atoms with Gasteiger partial charge in [0, 0.05) is 11.8 Å². The topological polar surface area (TPSA) is 50.4 Å². The summed E-state index contributed by atoms with van der Waals surface area (Å²) in [4.78, 5) is 11.8. The molecule has 24 heavy (non-hydrogen) atoms. The number of hydrogen-bond acceptors (Lipinski definition) is 2. The summed E-state index contributed by atoms with van der Waals surface area (Å²) >= 11 is 0. The van der Waals surface area contributed by atoms with Crippen molar-refractivity contribution in [2.24, 2.45) is 0 Å². The molecule has 2 aromatic carbocycles. The molecule has 0 unspecified atom stereocenters. The molecule has 0 saturated carbocycles. The predicted octanol–water partition coefficient (Wildman–Crippen LogP) is 4.29. The van der Waals surface area contributed by atoms with Crippen molar-refractivity contribution < 1.29 is 18.3 Å². The molecule has 2 N–H and O–H groups in total. The summed E-state index contributed by atoms with van der Waals surface area (Å²) in [6, 6.07) is 10.5. The minimum absolute atomic E-state index is 0.144. The van der Waals surface area contributed by atoms with E-state index in [1.807, 2.05) is 24.3 Å². The number of rotatable bonds is 6. The highest BCUT2D eigenvalue weighted by Gasteiger charge is 2.05. The highest BCUT2D eigenvalue weighted by atomic mass is 19.2. The van der Waals surface area contributed by atoms with E-state index in [1.165, 1.54) is 11.6 Å². The van der Waals surface area contributed by atoms with E-state index in [0.29, 0.717) is 11.6 Å². The molecule has 4 nitrogen and oxygen atoms in total. The lowest BCUT2D eigenvalue weighted by Gasteiger charge is -2.10. The number of amides is 2. The maximum atomic E-state index is 13.0. The number of carbonyl (C=O) groups is 1. The number of carbonyl (C=O) groups excluding carboxylic acids is 1. The molecule has 0 radical (unpaired) electrons. The lowest BCUT2D eigenvalue weighted by molar-refractivity contribution is 0.247. The molecule has 0 aliphatic rings. The average molecular weight is 334 g/mol. The van der Waals surface area contributed by atoms with E-state index < -0.39 is 11.6 Å². The molecule has 2 rings (SSSR count). The van der Waals surface area contributed by atoms with Crippen molar-refractivity contribution in [2.45, 2.75) is 19.8 Å². The molecular weight excluding hydrogens is 314 g/mol. The number of benzene rings is 2. The summed E-state index contributed by atoms with van der Waals surface area (Å²) in [5.74, 6) is -1.26. The van der Waals surface area contributed by atoms with Crippen LogP contribution in [0.5, 0.6) is 5.75 Å². The maximum absolute atomic E-state index is 13.0. The Bertz CT molecular complexity index is 688. The zero-order chi connectivity index (χ0) is 17.5. The lowest BCUT2D eigenvalue weighted by atomic mass is 10.0. The highest BCUT2D eigenvalue weighted by molar-refractivity contribution is 5.89. The first-order chi connectivity index (χ1) is 11.5. The van der Waals surface area contributed by atoms with Crippen molar-refractivity contribution in [2.75, 3.05) is 18.5 Å². The second-order valence-corrected chi connectivity index (χ2v) is 5.58. The SMILES string of the molecule is CC(C)c1ccc(NC(=O)NCCOc2ccc(F)c(F)c2)cc1. The van der Waals surface area contributed by atoms with E-state index in [-0.39, 0.29) is 24.9 Å². The molecule has 6 heteroatoms. The van der Waals surface area contributed by atoms with Gasteiger partial charge in [0.15, 0.2) is 11.6 Å². The average Bonchev–Trinajstić information content (AvgIpc) is 2.55. The fourth-order valence-corrected chi connectivity index (χ4v) is 2.03. The highest BCUT2D eigenvalue weighted by Crippen LogP contribution is 2.17. The molecule has 128 valence electrons. The van der Waals surface area contributed by atoms with Crippen LogP contribution in [-0.2, 0) is 0 Å². The molecule has 2 aromatic rings. The molecule has 0 atom stereocenters. The monoisotopic (exact) mass is 334 g/mol. The van der Waals surface area contributed by atoms with Gasteiger partial charge in [0.1, 0.15) is 12.4 Å². The van der Waals surface area contributed by atoms with Gasteiger partial charge in [-0.1, -0.05) is 26.0 Å². The van der Waals surface area contributed by atoms with Crippen LogP contribution in [-0.4, -0.2) is 19.2 Å². The molecular formula is C18H20F2N2O2. The van der Waals surface area contributed by atoms with Crippen LogP contribution in [0.2, 0.25) is 0 Å². The van der Waals surface area contributed by atoms with Gasteiger partial charge in [-0.25, -0.2) is 13.6 Å². The molecule has 0 aliphatic heterocycles. The summed E-state index contributed by atoms with van der Waals surface area (Å²) in [6.07, 6.45) is 0. The fourth-order valence-electron chi connectivity index (χ4n) is 2.03. The molecule has 0 aliphatic carbocycles. The van der Waals surface area contributed by atoms with E-state index in [1.54, 1.807) is 0 Å². The van der Waals surface area contributed by atoms with Crippen molar-refractivity contribution in [3.05, 3.63) is 59.7 Å². The number of urea groups is 1. The minimum atomic E-state index is -0.969. The standard InChI is InChI=1S/C18H20F2N2O2/c1-12(2)13-3-5-14(6-4-13)22-18(23)21-9-10-24-15-7-8-16(19)17(20)11-15/h3-8,11-12H,9-10H2,1-2H3,(H2,21,22,23). The van der Waals surface area contributed by atoms with Crippen LogP contribution in [0.1, 0.15) is 25.3 Å². The Balaban J connectivity index is 1.72. The fraction of sp³-hybridized carbons (Fsp3) is 0.278. The second-order valence-electron chi connectivity index (χ2n) is 5.58. The molecule has 0 heterocycles. The van der Waals surface area contributed by atoms with Crippen molar-refractivity contribution in [3.8, 4) is 5.75 Å². The van der Waals surface area contributed by atoms with Gasteiger partial charge in [0.2, 0.25) is 0 Å². The van der Waals surface area contributed by atoms with Crippen LogP contribution in [0.3, 0.4) is 0 Å². The van der Waals surface area contributed by atoms with Gasteiger partial charge in [-0.2, -0.15) is 0 Å². The number of ether oxygens (including phenoxy) is 1. The quantitative estimate of drug-likeness (QED) is 0.774. The van der Waals surface area contributed by atoms with Gasteiger partial charge in [-0.05, 0) is 35.7 Å². The van der Waals surface area contributed by atoms with Crippen molar-refractivity contribution in [1.82, 2.24) is 5.32 Å². The third-order valence-electron chi connectivity index (χ3n) is 3.38. The van der Waals surface area contributed by atoms with Crippen LogP contribution >= 0.6 is 0 Å². The smallest absolute Gasteiger partial charge is 0.319 e. The summed E-state index contributed by atoms with van der Waals surface area (Å²) in [7, 11) is 0. The Hall–Kier alpha value is -2.63. The number of hydrogen-bond donors (Lipinski definition) is 2. The van der Waals surface area contributed by atoms with E-state index in [9.17, 15) is 13.6 Å². The third kappa shape index (κ3) is 5.22. The minimum Gasteiger partial charge on any atom is -0.492 e. The Morgan fingerprint density at radius 1 is 1.08 bits per heavy atom. The summed E-state index contributed by atoms with van der Waals surface area (Å²) in [5, 5.41) is 5.33. The summed E-state index contributed by atoms with van der Waals surface area (Å²) < 4.78 is 31.0.